The molecule has 1 aliphatic carbocycles. The van der Waals surface area contributed by atoms with Gasteiger partial charge in [0.05, 0.1) is 4.90 Å². The van der Waals surface area contributed by atoms with Crippen molar-refractivity contribution >= 4 is 27.3 Å². The predicted molar refractivity (Wildman–Crippen MR) is 81.9 cm³/mol. The molecule has 0 unspecified atom stereocenters. The van der Waals surface area contributed by atoms with E-state index in [1.54, 1.807) is 6.07 Å². The topological polar surface area (TPSA) is 57.7 Å². The van der Waals surface area contributed by atoms with Gasteiger partial charge in [0.15, 0.2) is 0 Å². The lowest BCUT2D eigenvalue weighted by Crippen LogP contribution is -2.50. The zero-order valence-corrected chi connectivity index (χ0v) is 14.0. The first kappa shape index (κ1) is 15.0. The van der Waals surface area contributed by atoms with E-state index in [0.29, 0.717) is 31.1 Å². The summed E-state index contributed by atoms with van der Waals surface area (Å²) in [6, 6.07) is 1.75. The van der Waals surface area contributed by atoms with Crippen LogP contribution in [0.2, 0.25) is 0 Å². The van der Waals surface area contributed by atoms with Crippen LogP contribution in [0.1, 0.15) is 22.6 Å². The Balaban J connectivity index is 1.71. The van der Waals surface area contributed by atoms with E-state index in [9.17, 15) is 13.2 Å². The van der Waals surface area contributed by atoms with Crippen molar-refractivity contribution in [3.8, 4) is 0 Å². The highest BCUT2D eigenvalue weighted by atomic mass is 32.2. The molecule has 1 aliphatic heterocycles. The summed E-state index contributed by atoms with van der Waals surface area (Å²) in [5, 5.41) is 0. The molecular formula is C14H20N2O3S2. The molecule has 1 amide bonds. The van der Waals surface area contributed by atoms with Crippen LogP contribution in [0, 0.1) is 19.8 Å². The second-order valence-electron chi connectivity index (χ2n) is 5.78. The molecule has 21 heavy (non-hydrogen) atoms. The molecule has 0 bridgehead atoms. The van der Waals surface area contributed by atoms with E-state index in [0.717, 1.165) is 22.6 Å². The molecule has 1 aromatic rings. The number of piperazine rings is 1. The molecular weight excluding hydrogens is 308 g/mol. The Morgan fingerprint density at radius 3 is 2.29 bits per heavy atom. The number of carbonyl (C=O) groups is 1. The van der Waals surface area contributed by atoms with Gasteiger partial charge in [-0.15, -0.1) is 11.3 Å². The SMILES string of the molecule is Cc1cc(S(=O)(=O)N2CCN(C(=O)C3CC3)CC2)c(C)s1. The van der Waals surface area contributed by atoms with Gasteiger partial charge in [-0.25, -0.2) is 8.42 Å². The standard InChI is InChI=1S/C14H20N2O3S2/c1-10-9-13(11(2)20-10)21(18,19)16-7-5-15(6-8-16)14(17)12-3-4-12/h9,12H,3-8H2,1-2H3. The maximum Gasteiger partial charge on any atom is 0.244 e. The summed E-state index contributed by atoms with van der Waals surface area (Å²) in [4.78, 5) is 16.1. The third kappa shape index (κ3) is 2.86. The van der Waals surface area contributed by atoms with Gasteiger partial charge in [0.2, 0.25) is 15.9 Å². The Morgan fingerprint density at radius 2 is 1.81 bits per heavy atom. The summed E-state index contributed by atoms with van der Waals surface area (Å²) in [6.07, 6.45) is 1.98. The van der Waals surface area contributed by atoms with Crippen LogP contribution in [0.15, 0.2) is 11.0 Å². The lowest BCUT2D eigenvalue weighted by atomic mass is 10.3. The highest BCUT2D eigenvalue weighted by Gasteiger charge is 2.37. The van der Waals surface area contributed by atoms with Crippen molar-refractivity contribution in [2.24, 2.45) is 5.92 Å². The van der Waals surface area contributed by atoms with E-state index in [1.807, 2.05) is 18.7 Å². The fourth-order valence-corrected chi connectivity index (χ4v) is 5.69. The average Bonchev–Trinajstić information content (AvgIpc) is 3.23. The van der Waals surface area contributed by atoms with Gasteiger partial charge >= 0.3 is 0 Å². The lowest BCUT2D eigenvalue weighted by Gasteiger charge is -2.34. The average molecular weight is 328 g/mol. The highest BCUT2D eigenvalue weighted by molar-refractivity contribution is 7.89. The molecule has 2 fully saturated rings. The summed E-state index contributed by atoms with van der Waals surface area (Å²) in [7, 11) is -3.42. The van der Waals surface area contributed by atoms with Gasteiger partial charge in [-0.2, -0.15) is 4.31 Å². The first-order valence-corrected chi connectivity index (χ1v) is 9.51. The van der Waals surface area contributed by atoms with Crippen LogP contribution in [-0.4, -0.2) is 49.7 Å². The monoisotopic (exact) mass is 328 g/mol. The maximum absolute atomic E-state index is 12.7. The molecule has 1 aromatic heterocycles. The second-order valence-corrected chi connectivity index (χ2v) is 9.15. The fourth-order valence-electron chi connectivity index (χ4n) is 2.74. The van der Waals surface area contributed by atoms with Gasteiger partial charge in [-0.05, 0) is 32.8 Å². The molecule has 0 atom stereocenters. The summed E-state index contributed by atoms with van der Waals surface area (Å²) in [6.45, 7) is 5.58. The zero-order chi connectivity index (χ0) is 15.2. The van der Waals surface area contributed by atoms with E-state index in [2.05, 4.69) is 0 Å². The smallest absolute Gasteiger partial charge is 0.244 e. The van der Waals surface area contributed by atoms with Crippen LogP contribution in [0.3, 0.4) is 0 Å². The number of hydrogen-bond acceptors (Lipinski definition) is 4. The van der Waals surface area contributed by atoms with E-state index in [4.69, 9.17) is 0 Å². The van der Waals surface area contributed by atoms with Gasteiger partial charge in [0.25, 0.3) is 0 Å². The number of thiophene rings is 1. The second kappa shape index (κ2) is 5.37. The van der Waals surface area contributed by atoms with Crippen LogP contribution >= 0.6 is 11.3 Å². The lowest BCUT2D eigenvalue weighted by molar-refractivity contribution is -0.133. The number of nitrogens with zero attached hydrogens (tertiary/aromatic N) is 2. The van der Waals surface area contributed by atoms with Gasteiger partial charge in [-0.3, -0.25) is 4.79 Å². The molecule has 2 aliphatic rings. The van der Waals surface area contributed by atoms with E-state index >= 15 is 0 Å². The van der Waals surface area contributed by atoms with Crippen molar-refractivity contribution in [2.75, 3.05) is 26.2 Å². The Kier molecular flexibility index (Phi) is 3.83. The van der Waals surface area contributed by atoms with Crippen LogP contribution in [-0.2, 0) is 14.8 Å². The maximum atomic E-state index is 12.7. The Hall–Kier alpha value is -0.920. The summed E-state index contributed by atoms with van der Waals surface area (Å²) >= 11 is 1.51. The number of sulfonamides is 1. The van der Waals surface area contributed by atoms with Crippen molar-refractivity contribution in [1.29, 1.82) is 0 Å². The third-order valence-electron chi connectivity index (χ3n) is 4.09. The first-order valence-electron chi connectivity index (χ1n) is 7.25. The summed E-state index contributed by atoms with van der Waals surface area (Å²) < 4.78 is 26.9. The highest BCUT2D eigenvalue weighted by Crippen LogP contribution is 2.32. The number of hydrogen-bond donors (Lipinski definition) is 0. The number of rotatable bonds is 3. The largest absolute Gasteiger partial charge is 0.340 e. The van der Waals surface area contributed by atoms with Crippen LogP contribution in [0.25, 0.3) is 0 Å². The number of carbonyl (C=O) groups excluding carboxylic acids is 1. The van der Waals surface area contributed by atoms with Crippen molar-refractivity contribution in [3.63, 3.8) is 0 Å². The van der Waals surface area contributed by atoms with Crippen LogP contribution in [0.4, 0.5) is 0 Å². The molecule has 0 spiro atoms. The minimum absolute atomic E-state index is 0.203. The summed E-state index contributed by atoms with van der Waals surface area (Å²) in [5.41, 5.74) is 0. The first-order chi connectivity index (χ1) is 9.89. The van der Waals surface area contributed by atoms with E-state index < -0.39 is 10.0 Å². The minimum atomic E-state index is -3.42. The van der Waals surface area contributed by atoms with Crippen molar-refractivity contribution in [1.82, 2.24) is 9.21 Å². The molecule has 3 rings (SSSR count). The molecule has 0 aromatic carbocycles. The molecule has 0 N–H and O–H groups in total. The Labute approximate surface area is 129 Å². The van der Waals surface area contributed by atoms with Crippen LogP contribution in [0.5, 0.6) is 0 Å². The molecule has 1 saturated heterocycles. The molecule has 7 heteroatoms. The number of amides is 1. The van der Waals surface area contributed by atoms with Gasteiger partial charge in [0.1, 0.15) is 0 Å². The van der Waals surface area contributed by atoms with Gasteiger partial charge < -0.3 is 4.90 Å². The molecule has 1 saturated carbocycles. The normalized spacial score (nSPS) is 20.8. The number of aryl methyl sites for hydroxylation is 2. The van der Waals surface area contributed by atoms with E-state index in [1.165, 1.54) is 15.6 Å². The molecule has 5 nitrogen and oxygen atoms in total. The molecule has 2 heterocycles. The summed E-state index contributed by atoms with van der Waals surface area (Å²) in [5.74, 6) is 0.407. The third-order valence-corrected chi connectivity index (χ3v) is 7.21. The van der Waals surface area contributed by atoms with E-state index in [-0.39, 0.29) is 11.8 Å². The van der Waals surface area contributed by atoms with Crippen molar-refractivity contribution in [2.45, 2.75) is 31.6 Å². The van der Waals surface area contributed by atoms with Gasteiger partial charge in [-0.1, -0.05) is 0 Å². The molecule has 0 radical (unpaired) electrons. The van der Waals surface area contributed by atoms with Crippen molar-refractivity contribution < 1.29 is 13.2 Å². The fraction of sp³-hybridized carbons (Fsp3) is 0.643. The Morgan fingerprint density at radius 1 is 1.19 bits per heavy atom. The molecule has 116 valence electrons. The van der Waals surface area contributed by atoms with Crippen LogP contribution < -0.4 is 0 Å². The predicted octanol–water partition coefficient (Wildman–Crippen LogP) is 1.61. The Bertz CT molecular complexity index is 654. The zero-order valence-electron chi connectivity index (χ0n) is 12.3. The quantitative estimate of drug-likeness (QED) is 0.847. The van der Waals surface area contributed by atoms with Gasteiger partial charge in [0, 0.05) is 41.9 Å². The minimum Gasteiger partial charge on any atom is -0.340 e. The van der Waals surface area contributed by atoms with Crippen molar-refractivity contribution in [3.05, 3.63) is 15.8 Å².